The highest BCUT2D eigenvalue weighted by Crippen LogP contribution is 2.21. The highest BCUT2D eigenvalue weighted by atomic mass is 16.5. The average molecular weight is 286 g/mol. The van der Waals surface area contributed by atoms with Crippen LogP contribution in [0.25, 0.3) is 0 Å². The van der Waals surface area contributed by atoms with Crippen LogP contribution in [-0.2, 0) is 17.8 Å². The van der Waals surface area contributed by atoms with Gasteiger partial charge in [-0.1, -0.05) is 13.0 Å². The molecule has 1 unspecified atom stereocenters. The predicted octanol–water partition coefficient (Wildman–Crippen LogP) is 2.26. The lowest BCUT2D eigenvalue weighted by atomic mass is 10.2. The van der Waals surface area contributed by atoms with Gasteiger partial charge in [0.05, 0.1) is 18.5 Å². The topological polar surface area (TPSA) is 43.2 Å². The van der Waals surface area contributed by atoms with Gasteiger partial charge in [-0.3, -0.25) is 14.6 Å². The maximum absolute atomic E-state index is 5.85. The Kier molecular flexibility index (Phi) is 4.62. The Hall–Kier alpha value is -1.72. The average Bonchev–Trinajstić information content (AvgIpc) is 2.96. The van der Waals surface area contributed by atoms with Crippen molar-refractivity contribution in [2.75, 3.05) is 19.7 Å². The Bertz CT molecular complexity index is 554. The normalized spacial score (nSPS) is 19.8. The summed E-state index contributed by atoms with van der Waals surface area (Å²) in [5.74, 6) is 0. The minimum atomic E-state index is 0.0747. The molecule has 1 fully saturated rings. The van der Waals surface area contributed by atoms with Gasteiger partial charge in [0.25, 0.3) is 0 Å². The van der Waals surface area contributed by atoms with Crippen LogP contribution in [0, 0.1) is 0 Å². The van der Waals surface area contributed by atoms with E-state index in [0.717, 1.165) is 44.9 Å². The lowest BCUT2D eigenvalue weighted by Gasteiger charge is -2.32. The molecule has 21 heavy (non-hydrogen) atoms. The highest BCUT2D eigenvalue weighted by molar-refractivity contribution is 5.09. The zero-order chi connectivity index (χ0) is 14.5. The quantitative estimate of drug-likeness (QED) is 0.845. The van der Waals surface area contributed by atoms with Crippen molar-refractivity contribution in [2.24, 2.45) is 0 Å². The van der Waals surface area contributed by atoms with Gasteiger partial charge in [0.1, 0.15) is 6.10 Å². The van der Waals surface area contributed by atoms with E-state index in [4.69, 9.17) is 4.74 Å². The second-order valence-electron chi connectivity index (χ2n) is 5.46. The molecule has 3 heterocycles. The number of ether oxygens (including phenoxy) is 1. The van der Waals surface area contributed by atoms with Crippen LogP contribution in [0.3, 0.4) is 0 Å². The number of hydrogen-bond donors (Lipinski definition) is 0. The van der Waals surface area contributed by atoms with Gasteiger partial charge in [-0.2, -0.15) is 5.10 Å². The molecule has 2 aromatic rings. The predicted molar refractivity (Wildman–Crippen MR) is 80.7 cm³/mol. The molecule has 0 aliphatic carbocycles. The van der Waals surface area contributed by atoms with Crippen molar-refractivity contribution in [2.45, 2.75) is 32.5 Å². The number of rotatable bonds is 5. The molecule has 1 aliphatic rings. The van der Waals surface area contributed by atoms with E-state index in [9.17, 15) is 0 Å². The SMILES string of the molecule is CCCn1cc(CN2CCOC(c3ccccn3)C2)cn1. The van der Waals surface area contributed by atoms with Crippen LogP contribution in [0.4, 0.5) is 0 Å². The third-order valence-electron chi connectivity index (χ3n) is 3.71. The van der Waals surface area contributed by atoms with Crippen LogP contribution in [0.2, 0.25) is 0 Å². The zero-order valence-electron chi connectivity index (χ0n) is 12.5. The molecule has 1 saturated heterocycles. The first-order valence-electron chi connectivity index (χ1n) is 7.61. The molecular weight excluding hydrogens is 264 g/mol. The van der Waals surface area contributed by atoms with E-state index in [1.807, 2.05) is 35.3 Å². The van der Waals surface area contributed by atoms with Crippen molar-refractivity contribution in [1.29, 1.82) is 0 Å². The van der Waals surface area contributed by atoms with E-state index in [-0.39, 0.29) is 6.10 Å². The van der Waals surface area contributed by atoms with Crippen LogP contribution in [0.5, 0.6) is 0 Å². The fraction of sp³-hybridized carbons (Fsp3) is 0.500. The van der Waals surface area contributed by atoms with Gasteiger partial charge in [-0.15, -0.1) is 0 Å². The van der Waals surface area contributed by atoms with Crippen LogP contribution in [0.15, 0.2) is 36.8 Å². The summed E-state index contributed by atoms with van der Waals surface area (Å²) in [5.41, 5.74) is 2.29. The smallest absolute Gasteiger partial charge is 0.112 e. The second-order valence-corrected chi connectivity index (χ2v) is 5.46. The molecule has 0 saturated carbocycles. The molecule has 0 spiro atoms. The molecule has 0 radical (unpaired) electrons. The molecule has 2 aromatic heterocycles. The summed E-state index contributed by atoms with van der Waals surface area (Å²) >= 11 is 0. The van der Waals surface area contributed by atoms with Crippen LogP contribution in [0.1, 0.15) is 30.7 Å². The van der Waals surface area contributed by atoms with Gasteiger partial charge in [0.2, 0.25) is 0 Å². The first kappa shape index (κ1) is 14.2. The minimum Gasteiger partial charge on any atom is -0.369 e. The Labute approximate surface area is 125 Å². The first-order valence-corrected chi connectivity index (χ1v) is 7.61. The van der Waals surface area contributed by atoms with Gasteiger partial charge in [-0.25, -0.2) is 0 Å². The van der Waals surface area contributed by atoms with Gasteiger partial charge < -0.3 is 4.74 Å². The number of aryl methyl sites for hydroxylation is 1. The first-order chi connectivity index (χ1) is 10.3. The number of pyridine rings is 1. The number of aromatic nitrogens is 3. The molecule has 5 nitrogen and oxygen atoms in total. The van der Waals surface area contributed by atoms with Gasteiger partial charge in [0, 0.05) is 44.1 Å². The molecule has 1 aliphatic heterocycles. The van der Waals surface area contributed by atoms with Crippen molar-refractivity contribution in [3.8, 4) is 0 Å². The third kappa shape index (κ3) is 3.68. The maximum atomic E-state index is 5.85. The number of nitrogens with zero attached hydrogens (tertiary/aromatic N) is 4. The third-order valence-corrected chi connectivity index (χ3v) is 3.71. The summed E-state index contributed by atoms with van der Waals surface area (Å²) in [7, 11) is 0. The second kappa shape index (κ2) is 6.83. The summed E-state index contributed by atoms with van der Waals surface area (Å²) in [6.07, 6.45) is 7.13. The summed E-state index contributed by atoms with van der Waals surface area (Å²) in [4.78, 5) is 6.82. The fourth-order valence-corrected chi connectivity index (χ4v) is 2.69. The summed E-state index contributed by atoms with van der Waals surface area (Å²) in [6, 6.07) is 5.99. The van der Waals surface area contributed by atoms with E-state index in [2.05, 4.69) is 28.1 Å². The van der Waals surface area contributed by atoms with Crippen molar-refractivity contribution >= 4 is 0 Å². The van der Waals surface area contributed by atoms with E-state index in [1.165, 1.54) is 5.56 Å². The molecule has 5 heteroatoms. The summed E-state index contributed by atoms with van der Waals surface area (Å²) in [5, 5.41) is 4.40. The summed E-state index contributed by atoms with van der Waals surface area (Å²) in [6.45, 7) is 6.68. The van der Waals surface area contributed by atoms with Gasteiger partial charge in [-0.05, 0) is 18.6 Å². The van der Waals surface area contributed by atoms with Crippen LogP contribution < -0.4 is 0 Å². The van der Waals surface area contributed by atoms with Crippen molar-refractivity contribution < 1.29 is 4.74 Å². The standard InChI is InChI=1S/C16H22N4O/c1-2-7-20-12-14(10-18-20)11-19-8-9-21-16(13-19)15-5-3-4-6-17-15/h3-6,10,12,16H,2,7-9,11,13H2,1H3. The number of hydrogen-bond acceptors (Lipinski definition) is 4. The van der Waals surface area contributed by atoms with Gasteiger partial charge >= 0.3 is 0 Å². The molecule has 0 bridgehead atoms. The van der Waals surface area contributed by atoms with Crippen molar-refractivity contribution in [1.82, 2.24) is 19.7 Å². The zero-order valence-corrected chi connectivity index (χ0v) is 12.5. The van der Waals surface area contributed by atoms with Crippen LogP contribution in [-0.4, -0.2) is 39.4 Å². The largest absolute Gasteiger partial charge is 0.369 e. The van der Waals surface area contributed by atoms with E-state index < -0.39 is 0 Å². The molecule has 0 aromatic carbocycles. The molecule has 0 amide bonds. The van der Waals surface area contributed by atoms with Gasteiger partial charge in [0.15, 0.2) is 0 Å². The summed E-state index contributed by atoms with van der Waals surface area (Å²) < 4.78 is 7.87. The molecule has 112 valence electrons. The Morgan fingerprint density at radius 2 is 2.33 bits per heavy atom. The minimum absolute atomic E-state index is 0.0747. The fourth-order valence-electron chi connectivity index (χ4n) is 2.69. The molecule has 3 rings (SSSR count). The van der Waals surface area contributed by atoms with E-state index in [0.29, 0.717) is 0 Å². The number of morpholine rings is 1. The van der Waals surface area contributed by atoms with Crippen molar-refractivity contribution in [3.05, 3.63) is 48.0 Å². The van der Waals surface area contributed by atoms with Crippen molar-refractivity contribution in [3.63, 3.8) is 0 Å². The lowest BCUT2D eigenvalue weighted by Crippen LogP contribution is -2.38. The van der Waals surface area contributed by atoms with E-state index >= 15 is 0 Å². The molecule has 1 atom stereocenters. The van der Waals surface area contributed by atoms with Crippen LogP contribution >= 0.6 is 0 Å². The Morgan fingerprint density at radius 3 is 3.14 bits per heavy atom. The maximum Gasteiger partial charge on any atom is 0.112 e. The highest BCUT2D eigenvalue weighted by Gasteiger charge is 2.23. The Morgan fingerprint density at radius 1 is 1.38 bits per heavy atom. The monoisotopic (exact) mass is 286 g/mol. The molecule has 0 N–H and O–H groups in total. The Balaban J connectivity index is 1.60. The lowest BCUT2D eigenvalue weighted by molar-refractivity contribution is -0.0350. The van der Waals surface area contributed by atoms with E-state index in [1.54, 1.807) is 0 Å². The molecular formula is C16H22N4O.